The molecule has 6 heteroatoms. The molecule has 5 nitrogen and oxygen atoms in total. The van der Waals surface area contributed by atoms with Crippen LogP contribution in [0.2, 0.25) is 0 Å². The number of benzene rings is 2. The van der Waals surface area contributed by atoms with E-state index in [4.69, 9.17) is 12.2 Å². The number of thiocarbonyl (C=S) groups is 1. The van der Waals surface area contributed by atoms with E-state index in [-0.39, 0.29) is 16.8 Å². The Labute approximate surface area is 172 Å². The van der Waals surface area contributed by atoms with Crippen LogP contribution in [0.5, 0.6) is 0 Å². The van der Waals surface area contributed by atoms with Crippen LogP contribution in [0, 0.1) is 0 Å². The molecule has 0 aromatic heterocycles. The Morgan fingerprint density at radius 1 is 0.964 bits per heavy atom. The van der Waals surface area contributed by atoms with Crippen molar-refractivity contribution in [3.05, 3.63) is 65.7 Å². The molecule has 2 rings (SSSR count). The smallest absolute Gasteiger partial charge is 0.257 e. The molecule has 0 saturated carbocycles. The summed E-state index contributed by atoms with van der Waals surface area (Å²) >= 11 is 5.19. The number of amides is 1. The molecule has 0 heterocycles. The van der Waals surface area contributed by atoms with Crippen LogP contribution in [-0.4, -0.2) is 42.3 Å². The summed E-state index contributed by atoms with van der Waals surface area (Å²) in [7, 11) is 4.08. The van der Waals surface area contributed by atoms with E-state index in [9.17, 15) is 9.59 Å². The SMILES string of the molecule is CN(C)CCCCC(=O)Cc1ccc(NC(=S)NC(=O)c2ccccc2)cc1. The summed E-state index contributed by atoms with van der Waals surface area (Å²) < 4.78 is 0. The molecule has 2 N–H and O–H groups in total. The number of nitrogens with one attached hydrogen (secondary N) is 2. The number of unbranched alkanes of at least 4 members (excludes halogenated alkanes) is 1. The number of hydrogen-bond acceptors (Lipinski definition) is 4. The van der Waals surface area contributed by atoms with Gasteiger partial charge in [-0.15, -0.1) is 0 Å². The number of rotatable bonds is 9. The number of anilines is 1. The van der Waals surface area contributed by atoms with Crippen molar-refractivity contribution in [2.24, 2.45) is 0 Å². The van der Waals surface area contributed by atoms with Gasteiger partial charge in [-0.1, -0.05) is 30.3 Å². The fourth-order valence-electron chi connectivity index (χ4n) is 2.70. The van der Waals surface area contributed by atoms with E-state index in [0.29, 0.717) is 18.4 Å². The summed E-state index contributed by atoms with van der Waals surface area (Å²) in [4.78, 5) is 26.3. The number of carbonyl (C=O) groups excluding carboxylic acids is 2. The van der Waals surface area contributed by atoms with Crippen molar-refractivity contribution in [2.45, 2.75) is 25.7 Å². The molecular formula is C22H27N3O2S. The molecule has 28 heavy (non-hydrogen) atoms. The van der Waals surface area contributed by atoms with Crippen LogP contribution in [-0.2, 0) is 11.2 Å². The maximum atomic E-state index is 12.1. The molecule has 0 atom stereocenters. The van der Waals surface area contributed by atoms with Gasteiger partial charge >= 0.3 is 0 Å². The van der Waals surface area contributed by atoms with Crippen molar-refractivity contribution in [2.75, 3.05) is 26.0 Å². The Hall–Kier alpha value is -2.57. The highest BCUT2D eigenvalue weighted by Gasteiger charge is 2.08. The molecule has 148 valence electrons. The average molecular weight is 398 g/mol. The van der Waals surface area contributed by atoms with Gasteiger partial charge in [-0.25, -0.2) is 0 Å². The Kier molecular flexibility index (Phi) is 8.78. The maximum absolute atomic E-state index is 12.1. The molecule has 0 aliphatic rings. The second kappa shape index (κ2) is 11.3. The van der Waals surface area contributed by atoms with E-state index in [2.05, 4.69) is 15.5 Å². The van der Waals surface area contributed by atoms with Crippen LogP contribution in [0.1, 0.15) is 35.2 Å². The standard InChI is InChI=1S/C22H27N3O2S/c1-25(2)15-7-6-10-20(26)16-17-11-13-19(14-12-17)23-22(28)24-21(27)18-8-4-3-5-9-18/h3-5,8-9,11-14H,6-7,10,15-16H2,1-2H3,(H2,23,24,27,28). The molecule has 0 unspecified atom stereocenters. The van der Waals surface area contributed by atoms with E-state index in [1.54, 1.807) is 24.3 Å². The molecule has 0 fully saturated rings. The number of Topliss-reactive ketones (excluding diaryl/α,β-unsaturated/α-hetero) is 1. The number of hydrogen-bond donors (Lipinski definition) is 2. The van der Waals surface area contributed by atoms with Crippen LogP contribution in [0.4, 0.5) is 5.69 Å². The van der Waals surface area contributed by atoms with Crippen LogP contribution < -0.4 is 10.6 Å². The Morgan fingerprint density at radius 3 is 2.29 bits per heavy atom. The van der Waals surface area contributed by atoms with E-state index in [0.717, 1.165) is 30.6 Å². The zero-order valence-electron chi connectivity index (χ0n) is 16.4. The third-order valence-electron chi connectivity index (χ3n) is 4.19. The Balaban J connectivity index is 1.76. The molecular weight excluding hydrogens is 370 g/mol. The summed E-state index contributed by atoms with van der Waals surface area (Å²) in [6.07, 6.45) is 3.01. The molecule has 0 aliphatic heterocycles. The van der Waals surface area contributed by atoms with Gasteiger partial charge in [-0.2, -0.15) is 0 Å². The van der Waals surface area contributed by atoms with E-state index >= 15 is 0 Å². The summed E-state index contributed by atoms with van der Waals surface area (Å²) in [6.45, 7) is 1.01. The van der Waals surface area contributed by atoms with Gasteiger partial charge in [0, 0.05) is 24.1 Å². The second-order valence-corrected chi connectivity index (χ2v) is 7.36. The van der Waals surface area contributed by atoms with Crippen molar-refractivity contribution >= 4 is 34.7 Å². The second-order valence-electron chi connectivity index (χ2n) is 6.95. The molecule has 2 aromatic rings. The first kappa shape index (κ1) is 21.7. The molecule has 0 saturated heterocycles. The van der Waals surface area contributed by atoms with E-state index in [1.165, 1.54) is 0 Å². The zero-order chi connectivity index (χ0) is 20.4. The van der Waals surface area contributed by atoms with Gasteiger partial charge in [0.25, 0.3) is 5.91 Å². The van der Waals surface area contributed by atoms with Crippen LogP contribution >= 0.6 is 12.2 Å². The van der Waals surface area contributed by atoms with Crippen molar-refractivity contribution in [1.82, 2.24) is 10.2 Å². The zero-order valence-corrected chi connectivity index (χ0v) is 17.2. The van der Waals surface area contributed by atoms with Crippen molar-refractivity contribution in [3.8, 4) is 0 Å². The lowest BCUT2D eigenvalue weighted by Crippen LogP contribution is -2.34. The normalized spacial score (nSPS) is 10.5. The highest BCUT2D eigenvalue weighted by molar-refractivity contribution is 7.80. The predicted octanol–water partition coefficient (Wildman–Crippen LogP) is 3.66. The largest absolute Gasteiger partial charge is 0.332 e. The fraction of sp³-hybridized carbons (Fsp3) is 0.318. The van der Waals surface area contributed by atoms with Crippen molar-refractivity contribution in [3.63, 3.8) is 0 Å². The van der Waals surface area contributed by atoms with Crippen LogP contribution in [0.3, 0.4) is 0 Å². The number of nitrogens with zero attached hydrogens (tertiary/aromatic N) is 1. The first-order chi connectivity index (χ1) is 13.4. The average Bonchev–Trinajstić information content (AvgIpc) is 2.67. The third kappa shape index (κ3) is 7.98. The Morgan fingerprint density at radius 2 is 1.64 bits per heavy atom. The summed E-state index contributed by atoms with van der Waals surface area (Å²) in [5, 5.41) is 5.87. The van der Waals surface area contributed by atoms with Crippen LogP contribution in [0.25, 0.3) is 0 Å². The lowest BCUT2D eigenvalue weighted by Gasteiger charge is -2.10. The van der Waals surface area contributed by atoms with Gasteiger partial charge in [0.05, 0.1) is 0 Å². The molecule has 0 spiro atoms. The molecule has 2 aromatic carbocycles. The van der Waals surface area contributed by atoms with Gasteiger partial charge in [0.1, 0.15) is 5.78 Å². The molecule has 0 radical (unpaired) electrons. The predicted molar refractivity (Wildman–Crippen MR) is 118 cm³/mol. The first-order valence-electron chi connectivity index (χ1n) is 9.37. The quantitative estimate of drug-likeness (QED) is 0.500. The minimum Gasteiger partial charge on any atom is -0.332 e. The van der Waals surface area contributed by atoms with Crippen molar-refractivity contribution < 1.29 is 9.59 Å². The summed E-state index contributed by atoms with van der Waals surface area (Å²) in [5.41, 5.74) is 2.29. The minimum atomic E-state index is -0.255. The minimum absolute atomic E-state index is 0.235. The monoisotopic (exact) mass is 397 g/mol. The molecule has 0 aliphatic carbocycles. The fourth-order valence-corrected chi connectivity index (χ4v) is 2.91. The van der Waals surface area contributed by atoms with Gasteiger partial charge in [-0.3, -0.25) is 14.9 Å². The third-order valence-corrected chi connectivity index (χ3v) is 4.39. The lowest BCUT2D eigenvalue weighted by molar-refractivity contribution is -0.118. The molecule has 1 amide bonds. The highest BCUT2D eigenvalue weighted by atomic mass is 32.1. The van der Waals surface area contributed by atoms with Gasteiger partial charge < -0.3 is 10.2 Å². The van der Waals surface area contributed by atoms with Crippen molar-refractivity contribution in [1.29, 1.82) is 0 Å². The van der Waals surface area contributed by atoms with Gasteiger partial charge in [0.2, 0.25) is 0 Å². The topological polar surface area (TPSA) is 61.4 Å². The van der Waals surface area contributed by atoms with Gasteiger partial charge in [-0.05, 0) is 75.5 Å². The lowest BCUT2D eigenvalue weighted by atomic mass is 10.0. The van der Waals surface area contributed by atoms with E-state index < -0.39 is 0 Å². The van der Waals surface area contributed by atoms with Crippen LogP contribution in [0.15, 0.2) is 54.6 Å². The summed E-state index contributed by atoms with van der Waals surface area (Å²) in [6, 6.07) is 16.4. The molecule has 0 bridgehead atoms. The number of carbonyl (C=O) groups is 2. The number of ketones is 1. The maximum Gasteiger partial charge on any atom is 0.257 e. The summed E-state index contributed by atoms with van der Waals surface area (Å²) in [5.74, 6) is -0.000283. The highest BCUT2D eigenvalue weighted by Crippen LogP contribution is 2.12. The first-order valence-corrected chi connectivity index (χ1v) is 9.77. The van der Waals surface area contributed by atoms with E-state index in [1.807, 2.05) is 44.4 Å². The Bertz CT molecular complexity index is 789. The van der Waals surface area contributed by atoms with Gasteiger partial charge in [0.15, 0.2) is 5.11 Å².